The van der Waals surface area contributed by atoms with Gasteiger partial charge in [0.05, 0.1) is 5.54 Å². The first-order valence-corrected chi connectivity index (χ1v) is 10.2. The van der Waals surface area contributed by atoms with Crippen molar-refractivity contribution in [2.24, 2.45) is 4.99 Å². The molecular weight excluding hydrogens is 381 g/mol. The van der Waals surface area contributed by atoms with Crippen LogP contribution < -0.4 is 11.1 Å². The van der Waals surface area contributed by atoms with Crippen LogP contribution in [0.2, 0.25) is 0 Å². The van der Waals surface area contributed by atoms with Crippen LogP contribution in [-0.4, -0.2) is 34.8 Å². The minimum atomic E-state index is -0.855. The summed E-state index contributed by atoms with van der Waals surface area (Å²) >= 11 is 1.52. The SMILES string of the molecule is CC(C)(C)OC(=O)NC1=NC(C)(c2cc(N)ccc2F)CC2(CCOCC2)S1. The fourth-order valence-electron chi connectivity index (χ4n) is 3.73. The van der Waals surface area contributed by atoms with E-state index in [9.17, 15) is 9.18 Å². The molecule has 2 aliphatic rings. The predicted octanol–water partition coefficient (Wildman–Crippen LogP) is 4.19. The van der Waals surface area contributed by atoms with Crippen molar-refractivity contribution in [3.8, 4) is 0 Å². The zero-order valence-electron chi connectivity index (χ0n) is 16.8. The lowest BCUT2D eigenvalue weighted by atomic mass is 9.79. The van der Waals surface area contributed by atoms with Crippen molar-refractivity contribution in [3.63, 3.8) is 0 Å². The lowest BCUT2D eigenvalue weighted by molar-refractivity contribution is 0.0562. The summed E-state index contributed by atoms with van der Waals surface area (Å²) in [5.41, 5.74) is 5.35. The average molecular weight is 410 g/mol. The molecule has 0 bridgehead atoms. The van der Waals surface area contributed by atoms with Crippen molar-refractivity contribution in [2.45, 2.75) is 62.8 Å². The highest BCUT2D eigenvalue weighted by molar-refractivity contribution is 8.15. The van der Waals surface area contributed by atoms with Crippen molar-refractivity contribution in [1.82, 2.24) is 5.32 Å². The van der Waals surface area contributed by atoms with Crippen molar-refractivity contribution in [2.75, 3.05) is 18.9 Å². The van der Waals surface area contributed by atoms with E-state index in [0.29, 0.717) is 36.1 Å². The molecule has 154 valence electrons. The Bertz CT molecular complexity index is 787. The van der Waals surface area contributed by atoms with Crippen LogP contribution in [0.5, 0.6) is 0 Å². The Morgan fingerprint density at radius 3 is 2.68 bits per heavy atom. The van der Waals surface area contributed by atoms with Crippen LogP contribution in [0.25, 0.3) is 0 Å². The first kappa shape index (κ1) is 20.9. The number of nitrogen functional groups attached to an aromatic ring is 1. The van der Waals surface area contributed by atoms with Gasteiger partial charge in [0.1, 0.15) is 11.4 Å². The summed E-state index contributed by atoms with van der Waals surface area (Å²) in [6, 6.07) is 4.53. The van der Waals surface area contributed by atoms with Gasteiger partial charge in [-0.1, -0.05) is 11.8 Å². The third kappa shape index (κ3) is 4.78. The fraction of sp³-hybridized carbons (Fsp3) is 0.600. The maximum absolute atomic E-state index is 14.7. The highest BCUT2D eigenvalue weighted by Gasteiger charge is 2.47. The van der Waals surface area contributed by atoms with Gasteiger partial charge >= 0.3 is 6.09 Å². The zero-order valence-corrected chi connectivity index (χ0v) is 17.6. The molecule has 1 atom stereocenters. The van der Waals surface area contributed by atoms with Crippen LogP contribution in [0.3, 0.4) is 0 Å². The van der Waals surface area contributed by atoms with Gasteiger partial charge < -0.3 is 15.2 Å². The van der Waals surface area contributed by atoms with Gasteiger partial charge in [0.2, 0.25) is 0 Å². The number of hydrogen-bond donors (Lipinski definition) is 2. The lowest BCUT2D eigenvalue weighted by Crippen LogP contribution is -2.48. The van der Waals surface area contributed by atoms with E-state index in [-0.39, 0.29) is 10.6 Å². The monoisotopic (exact) mass is 409 g/mol. The van der Waals surface area contributed by atoms with Crippen LogP contribution >= 0.6 is 11.8 Å². The quantitative estimate of drug-likeness (QED) is 0.679. The molecule has 1 amide bonds. The van der Waals surface area contributed by atoms with Gasteiger partial charge in [0.15, 0.2) is 5.17 Å². The number of carbonyl (C=O) groups is 1. The number of alkyl carbamates (subject to hydrolysis) is 1. The molecule has 2 aliphatic heterocycles. The minimum Gasteiger partial charge on any atom is -0.444 e. The van der Waals surface area contributed by atoms with E-state index in [1.165, 1.54) is 23.9 Å². The Morgan fingerprint density at radius 2 is 2.04 bits per heavy atom. The van der Waals surface area contributed by atoms with Gasteiger partial charge in [-0.3, -0.25) is 10.3 Å². The van der Waals surface area contributed by atoms with Gasteiger partial charge in [-0.05, 0) is 65.2 Å². The van der Waals surface area contributed by atoms with Crippen molar-refractivity contribution >= 4 is 28.7 Å². The number of rotatable bonds is 1. The number of carbonyl (C=O) groups excluding carboxylic acids is 1. The molecule has 0 aromatic heterocycles. The Morgan fingerprint density at radius 1 is 1.36 bits per heavy atom. The molecule has 6 nitrogen and oxygen atoms in total. The molecule has 28 heavy (non-hydrogen) atoms. The Hall–Kier alpha value is -1.80. The molecule has 3 N–H and O–H groups in total. The topological polar surface area (TPSA) is 85.9 Å². The fourth-order valence-corrected chi connectivity index (χ4v) is 5.25. The number of amidine groups is 1. The number of nitrogens with zero attached hydrogens (tertiary/aromatic N) is 1. The number of hydrogen-bond acceptors (Lipinski definition) is 6. The van der Waals surface area contributed by atoms with Crippen molar-refractivity contribution in [1.29, 1.82) is 0 Å². The number of halogens is 1. The van der Waals surface area contributed by atoms with Crippen molar-refractivity contribution < 1.29 is 18.7 Å². The van der Waals surface area contributed by atoms with Gasteiger partial charge in [-0.2, -0.15) is 0 Å². The van der Waals surface area contributed by atoms with E-state index >= 15 is 0 Å². The second-order valence-electron chi connectivity index (χ2n) is 8.63. The van der Waals surface area contributed by atoms with Crippen LogP contribution in [0.15, 0.2) is 23.2 Å². The first-order valence-electron chi connectivity index (χ1n) is 9.43. The summed E-state index contributed by atoms with van der Waals surface area (Å²) in [7, 11) is 0. The summed E-state index contributed by atoms with van der Waals surface area (Å²) < 4.78 is 25.4. The molecule has 1 saturated heterocycles. The van der Waals surface area contributed by atoms with Crippen LogP contribution in [-0.2, 0) is 15.0 Å². The second-order valence-corrected chi connectivity index (χ2v) is 10.1. The molecule has 2 heterocycles. The molecule has 8 heteroatoms. The molecule has 1 aromatic carbocycles. The maximum Gasteiger partial charge on any atom is 0.413 e. The van der Waals surface area contributed by atoms with Crippen LogP contribution in [0.4, 0.5) is 14.9 Å². The van der Waals surface area contributed by atoms with Gasteiger partial charge in [0.25, 0.3) is 0 Å². The molecule has 1 fully saturated rings. The normalized spacial score (nSPS) is 24.5. The third-order valence-corrected chi connectivity index (χ3v) is 6.28. The molecule has 0 saturated carbocycles. The summed E-state index contributed by atoms with van der Waals surface area (Å²) in [6.45, 7) is 8.54. The number of aliphatic imine (C=N–C) groups is 1. The van der Waals surface area contributed by atoms with Gasteiger partial charge in [-0.25, -0.2) is 9.18 Å². The number of anilines is 1. The number of thioether (sulfide) groups is 1. The van der Waals surface area contributed by atoms with Crippen LogP contribution in [0, 0.1) is 5.82 Å². The zero-order chi connectivity index (χ0) is 20.6. The summed E-state index contributed by atoms with van der Waals surface area (Å²) in [6.07, 6.45) is 1.66. The smallest absolute Gasteiger partial charge is 0.413 e. The summed E-state index contributed by atoms with van der Waals surface area (Å²) in [5, 5.41) is 3.20. The highest BCUT2D eigenvalue weighted by Crippen LogP contribution is 2.50. The number of benzene rings is 1. The Kier molecular flexibility index (Phi) is 5.64. The third-order valence-electron chi connectivity index (χ3n) is 4.91. The van der Waals surface area contributed by atoms with Crippen molar-refractivity contribution in [3.05, 3.63) is 29.6 Å². The van der Waals surface area contributed by atoms with E-state index in [1.807, 2.05) is 6.92 Å². The number of ether oxygens (including phenoxy) is 2. The molecular formula is C20H28FN3O3S. The Balaban J connectivity index is 1.97. The molecule has 3 rings (SSSR count). The number of nitrogens with two attached hydrogens (primary N) is 1. The van der Waals surface area contributed by atoms with Gasteiger partial charge in [-0.15, -0.1) is 0 Å². The summed E-state index contributed by atoms with van der Waals surface area (Å²) in [4.78, 5) is 17.1. The van der Waals surface area contributed by atoms with E-state index < -0.39 is 17.2 Å². The number of amides is 1. The minimum absolute atomic E-state index is 0.198. The summed E-state index contributed by atoms with van der Waals surface area (Å²) in [5.74, 6) is -0.355. The van der Waals surface area contributed by atoms with E-state index in [1.54, 1.807) is 26.8 Å². The standard InChI is InChI=1S/C20H28FN3O3S/c1-18(2,3)27-17(25)23-16-24-19(4,14-11-13(22)5-6-15(14)21)12-20(28-16)7-9-26-10-8-20/h5-6,11H,7-10,12,22H2,1-4H3,(H,23,24,25). The predicted molar refractivity (Wildman–Crippen MR) is 110 cm³/mol. The molecule has 1 unspecified atom stereocenters. The Labute approximate surface area is 169 Å². The highest BCUT2D eigenvalue weighted by atomic mass is 32.2. The molecule has 1 aromatic rings. The molecule has 0 radical (unpaired) electrons. The van der Waals surface area contributed by atoms with E-state index in [0.717, 1.165) is 12.8 Å². The largest absolute Gasteiger partial charge is 0.444 e. The molecule has 0 aliphatic carbocycles. The maximum atomic E-state index is 14.7. The van der Waals surface area contributed by atoms with E-state index in [2.05, 4.69) is 5.32 Å². The van der Waals surface area contributed by atoms with Crippen LogP contribution in [0.1, 0.15) is 52.5 Å². The average Bonchev–Trinajstić information content (AvgIpc) is 2.55. The molecule has 1 spiro atoms. The second kappa shape index (κ2) is 7.55. The first-order chi connectivity index (χ1) is 13.0. The lowest BCUT2D eigenvalue weighted by Gasteiger charge is -2.45. The van der Waals surface area contributed by atoms with E-state index in [4.69, 9.17) is 20.2 Å². The number of nitrogens with one attached hydrogen (secondary N) is 1. The van der Waals surface area contributed by atoms with Gasteiger partial charge in [0, 0.05) is 29.2 Å².